The highest BCUT2D eigenvalue weighted by molar-refractivity contribution is 5.83. The summed E-state index contributed by atoms with van der Waals surface area (Å²) in [6.07, 6.45) is 18.7. The van der Waals surface area contributed by atoms with E-state index in [1.807, 2.05) is 0 Å². The number of nitrogens with one attached hydrogen (secondary N) is 2. The van der Waals surface area contributed by atoms with E-state index in [0.29, 0.717) is 31.8 Å². The van der Waals surface area contributed by atoms with Crippen LogP contribution in [0.15, 0.2) is 54.6 Å². The van der Waals surface area contributed by atoms with E-state index in [4.69, 9.17) is 5.11 Å². The Labute approximate surface area is 368 Å². The smallest absolute Gasteiger partial charge is 0.303 e. The summed E-state index contributed by atoms with van der Waals surface area (Å²) in [5, 5.41) is 15.5. The normalized spacial score (nSPS) is 14.9. The SMILES string of the molecule is CCCCN(CCCC)CCCNC(=O)C(C)(CC)CC(c1ccccc1)C(C)(CC(C)(C)C(=O)NCCCCCCCCCCCC(=O)O)c1ccc(C(C)CC)cc1. The maximum Gasteiger partial charge on any atom is 0.303 e. The Morgan fingerprint density at radius 2 is 1.15 bits per heavy atom. The first kappa shape index (κ1) is 52.9. The molecule has 0 spiro atoms. The Balaban J connectivity index is 2.29. The van der Waals surface area contributed by atoms with Gasteiger partial charge < -0.3 is 20.6 Å². The first-order valence-electron chi connectivity index (χ1n) is 24.3. The molecule has 0 bridgehead atoms. The van der Waals surface area contributed by atoms with E-state index in [9.17, 15) is 14.4 Å². The topological polar surface area (TPSA) is 98.7 Å². The average molecular weight is 832 g/mol. The van der Waals surface area contributed by atoms with Gasteiger partial charge in [0.1, 0.15) is 0 Å². The highest BCUT2D eigenvalue weighted by Crippen LogP contribution is 2.52. The molecule has 2 amide bonds. The van der Waals surface area contributed by atoms with Gasteiger partial charge in [-0.05, 0) is 106 Å². The number of hydrogen-bond donors (Lipinski definition) is 3. The van der Waals surface area contributed by atoms with Crippen LogP contribution in [0.2, 0.25) is 0 Å². The molecule has 7 nitrogen and oxygen atoms in total. The third-order valence-electron chi connectivity index (χ3n) is 13.6. The van der Waals surface area contributed by atoms with Crippen LogP contribution in [0.4, 0.5) is 0 Å². The Morgan fingerprint density at radius 3 is 1.68 bits per heavy atom. The Kier molecular flexibility index (Phi) is 25.1. The number of nitrogens with zero attached hydrogens (tertiary/aromatic N) is 1. The molecule has 340 valence electrons. The van der Waals surface area contributed by atoms with Crippen LogP contribution in [0.5, 0.6) is 0 Å². The maximum absolute atomic E-state index is 14.4. The molecule has 0 radical (unpaired) electrons. The number of hydrogen-bond acceptors (Lipinski definition) is 4. The summed E-state index contributed by atoms with van der Waals surface area (Å²) in [5.74, 6) is -0.0495. The molecule has 0 aliphatic rings. The van der Waals surface area contributed by atoms with Crippen LogP contribution in [-0.2, 0) is 19.8 Å². The molecule has 7 heteroatoms. The fourth-order valence-electron chi connectivity index (χ4n) is 8.99. The molecule has 2 rings (SSSR count). The van der Waals surface area contributed by atoms with Gasteiger partial charge in [0, 0.05) is 35.8 Å². The summed E-state index contributed by atoms with van der Waals surface area (Å²) in [7, 11) is 0. The van der Waals surface area contributed by atoms with Gasteiger partial charge in [-0.1, -0.05) is 175 Å². The minimum absolute atomic E-state index is 0.0216. The van der Waals surface area contributed by atoms with Crippen molar-refractivity contribution in [2.24, 2.45) is 10.8 Å². The standard InChI is InChI=1S/C53H89N3O4/c1-10-14-38-56(39-15-11-2)40-28-37-55-50(60)52(8,13-4)41-47(45-29-24-23-25-30-45)53(9,46-34-32-44(33-35-46)43(5)12-3)42-51(6,7)49(59)54-36-27-22-20-18-16-17-19-21-26-31-48(57)58/h23-25,29-30,32-35,43,47H,10-22,26-28,31,36-42H2,1-9H3,(H,54,59)(H,55,60)(H,57,58). The number of unbranched alkanes of at least 4 members (excludes halogenated alkanes) is 10. The number of benzene rings is 2. The third kappa shape index (κ3) is 18.4. The zero-order valence-electron chi connectivity index (χ0n) is 39.9. The Morgan fingerprint density at radius 1 is 0.633 bits per heavy atom. The quantitative estimate of drug-likeness (QED) is 0.0610. The fraction of sp³-hybridized carbons (Fsp3) is 0.717. The number of carbonyl (C=O) groups excluding carboxylic acids is 2. The summed E-state index contributed by atoms with van der Waals surface area (Å²) >= 11 is 0. The van der Waals surface area contributed by atoms with Crippen molar-refractivity contribution in [3.8, 4) is 0 Å². The molecule has 3 N–H and O–H groups in total. The Hall–Kier alpha value is -3.19. The molecule has 0 heterocycles. The largest absolute Gasteiger partial charge is 0.481 e. The van der Waals surface area contributed by atoms with Gasteiger partial charge in [-0.3, -0.25) is 14.4 Å². The lowest BCUT2D eigenvalue weighted by molar-refractivity contribution is -0.137. The zero-order valence-corrected chi connectivity index (χ0v) is 39.9. The second-order valence-electron chi connectivity index (χ2n) is 19.2. The molecular formula is C53H89N3O4. The van der Waals surface area contributed by atoms with Crippen molar-refractivity contribution >= 4 is 17.8 Å². The van der Waals surface area contributed by atoms with Crippen molar-refractivity contribution in [2.45, 2.75) is 202 Å². The number of carboxylic acids is 1. The van der Waals surface area contributed by atoms with Crippen molar-refractivity contribution in [1.29, 1.82) is 0 Å². The maximum atomic E-state index is 14.4. The lowest BCUT2D eigenvalue weighted by Gasteiger charge is -2.46. The Bertz CT molecular complexity index is 1470. The van der Waals surface area contributed by atoms with Gasteiger partial charge >= 0.3 is 5.97 Å². The van der Waals surface area contributed by atoms with Crippen LogP contribution in [0.3, 0.4) is 0 Å². The van der Waals surface area contributed by atoms with Crippen LogP contribution in [0, 0.1) is 10.8 Å². The minimum atomic E-state index is -0.702. The predicted octanol–water partition coefficient (Wildman–Crippen LogP) is 13.0. The predicted molar refractivity (Wildman–Crippen MR) is 254 cm³/mol. The van der Waals surface area contributed by atoms with Crippen LogP contribution >= 0.6 is 0 Å². The number of rotatable bonds is 34. The zero-order chi connectivity index (χ0) is 44.4. The average Bonchev–Trinajstić information content (AvgIpc) is 3.24. The number of amides is 2. The van der Waals surface area contributed by atoms with E-state index >= 15 is 0 Å². The second kappa shape index (κ2) is 28.4. The van der Waals surface area contributed by atoms with Crippen LogP contribution < -0.4 is 10.6 Å². The van der Waals surface area contributed by atoms with E-state index in [2.05, 4.69) is 132 Å². The first-order chi connectivity index (χ1) is 28.7. The van der Waals surface area contributed by atoms with E-state index in [1.54, 1.807) is 0 Å². The van der Waals surface area contributed by atoms with E-state index < -0.39 is 22.2 Å². The van der Waals surface area contributed by atoms with E-state index in [-0.39, 0.29) is 24.2 Å². The number of aliphatic carboxylic acids is 1. The van der Waals surface area contributed by atoms with Gasteiger partial charge in [0.15, 0.2) is 0 Å². The van der Waals surface area contributed by atoms with Crippen LogP contribution in [0.25, 0.3) is 0 Å². The van der Waals surface area contributed by atoms with Crippen molar-refractivity contribution in [3.05, 3.63) is 71.3 Å². The molecule has 0 aliphatic carbocycles. The highest BCUT2D eigenvalue weighted by Gasteiger charge is 2.47. The summed E-state index contributed by atoms with van der Waals surface area (Å²) in [5.41, 5.74) is 2.02. The monoisotopic (exact) mass is 832 g/mol. The molecule has 4 unspecified atom stereocenters. The molecule has 2 aromatic rings. The first-order valence-corrected chi connectivity index (χ1v) is 24.3. The molecule has 60 heavy (non-hydrogen) atoms. The number of carboxylic acid groups (broad SMARTS) is 1. The molecule has 0 fully saturated rings. The van der Waals surface area contributed by atoms with Gasteiger partial charge in [-0.15, -0.1) is 0 Å². The van der Waals surface area contributed by atoms with E-state index in [0.717, 1.165) is 83.8 Å². The third-order valence-corrected chi connectivity index (χ3v) is 13.6. The van der Waals surface area contributed by atoms with Gasteiger partial charge in [0.2, 0.25) is 11.8 Å². The van der Waals surface area contributed by atoms with E-state index in [1.165, 1.54) is 55.2 Å². The van der Waals surface area contributed by atoms with Gasteiger partial charge in [0.05, 0.1) is 0 Å². The second-order valence-corrected chi connectivity index (χ2v) is 19.2. The van der Waals surface area contributed by atoms with Crippen molar-refractivity contribution in [3.63, 3.8) is 0 Å². The molecule has 2 aromatic carbocycles. The van der Waals surface area contributed by atoms with Gasteiger partial charge in [0.25, 0.3) is 0 Å². The van der Waals surface area contributed by atoms with Crippen LogP contribution in [-0.4, -0.2) is 60.5 Å². The van der Waals surface area contributed by atoms with Gasteiger partial charge in [-0.25, -0.2) is 0 Å². The summed E-state index contributed by atoms with van der Waals surface area (Å²) in [4.78, 5) is 41.8. The molecule has 4 atom stereocenters. The van der Waals surface area contributed by atoms with Crippen molar-refractivity contribution < 1.29 is 19.5 Å². The summed E-state index contributed by atoms with van der Waals surface area (Å²) in [6, 6.07) is 19.9. The molecule has 0 saturated heterocycles. The molecule has 0 aromatic heterocycles. The molecule has 0 saturated carbocycles. The highest BCUT2D eigenvalue weighted by atomic mass is 16.4. The van der Waals surface area contributed by atoms with Crippen molar-refractivity contribution in [2.75, 3.05) is 32.7 Å². The van der Waals surface area contributed by atoms with Gasteiger partial charge in [-0.2, -0.15) is 0 Å². The van der Waals surface area contributed by atoms with Crippen molar-refractivity contribution in [1.82, 2.24) is 15.5 Å². The lowest BCUT2D eigenvalue weighted by atomic mass is 9.58. The summed E-state index contributed by atoms with van der Waals surface area (Å²) < 4.78 is 0. The lowest BCUT2D eigenvalue weighted by Crippen LogP contribution is -2.46. The molecule has 0 aliphatic heterocycles. The van der Waals surface area contributed by atoms with Crippen LogP contribution in [0.1, 0.15) is 213 Å². The fourth-order valence-corrected chi connectivity index (χ4v) is 8.99. The molecular weight excluding hydrogens is 743 g/mol. The number of carbonyl (C=O) groups is 3. The minimum Gasteiger partial charge on any atom is -0.481 e. The summed E-state index contributed by atoms with van der Waals surface area (Å²) in [6.45, 7) is 24.5.